The molecule has 0 aliphatic carbocycles. The molecule has 106 valence electrons. The van der Waals surface area contributed by atoms with E-state index in [0.717, 1.165) is 31.6 Å². The maximum atomic E-state index is 12.0. The molecular formula is C15H20N4O. The van der Waals surface area contributed by atoms with Crippen LogP contribution in [0.5, 0.6) is 0 Å². The molecule has 20 heavy (non-hydrogen) atoms. The van der Waals surface area contributed by atoms with Gasteiger partial charge in [-0.25, -0.2) is 0 Å². The van der Waals surface area contributed by atoms with Crippen LogP contribution in [0.25, 0.3) is 0 Å². The Morgan fingerprint density at radius 2 is 2.10 bits per heavy atom. The molecule has 0 atom stereocenters. The number of rotatable bonds is 4. The summed E-state index contributed by atoms with van der Waals surface area (Å²) in [5.41, 5.74) is 7.44. The van der Waals surface area contributed by atoms with Crippen molar-refractivity contribution < 1.29 is 4.79 Å². The molecule has 3 N–H and O–H groups in total. The van der Waals surface area contributed by atoms with E-state index in [-0.39, 0.29) is 5.91 Å². The quantitative estimate of drug-likeness (QED) is 0.821. The Kier molecular flexibility index (Phi) is 4.83. The third-order valence-corrected chi connectivity index (χ3v) is 3.53. The summed E-state index contributed by atoms with van der Waals surface area (Å²) in [6.07, 6.45) is 3.89. The minimum absolute atomic E-state index is 0.186. The minimum atomic E-state index is 0.186. The molecule has 1 amide bonds. The Labute approximate surface area is 119 Å². The van der Waals surface area contributed by atoms with Crippen LogP contribution in [0, 0.1) is 11.3 Å². The molecule has 2 rings (SSSR count). The fourth-order valence-corrected chi connectivity index (χ4v) is 2.41. The van der Waals surface area contributed by atoms with Crippen LogP contribution in [0.15, 0.2) is 18.2 Å². The lowest BCUT2D eigenvalue weighted by atomic mass is 10.1. The highest BCUT2D eigenvalue weighted by Crippen LogP contribution is 2.18. The second-order valence-electron chi connectivity index (χ2n) is 5.04. The number of hydrogen-bond donors (Lipinski definition) is 2. The van der Waals surface area contributed by atoms with Gasteiger partial charge in [-0.05, 0) is 37.5 Å². The van der Waals surface area contributed by atoms with Gasteiger partial charge in [-0.3, -0.25) is 4.79 Å². The zero-order valence-electron chi connectivity index (χ0n) is 11.6. The van der Waals surface area contributed by atoms with Crippen molar-refractivity contribution >= 4 is 17.3 Å². The maximum absolute atomic E-state index is 12.0. The second-order valence-corrected chi connectivity index (χ2v) is 5.04. The lowest BCUT2D eigenvalue weighted by Crippen LogP contribution is -2.36. The van der Waals surface area contributed by atoms with Crippen molar-refractivity contribution in [2.75, 3.05) is 30.7 Å². The molecule has 1 aliphatic rings. The standard InChI is InChI=1S/C15H20N4O/c16-11-12-10-13(17)4-5-14(12)18-7-6-15(20)19-8-2-1-3-9-19/h4-5,10,18H,1-3,6-9,17H2. The number of carbonyl (C=O) groups excluding carboxylic acids is 1. The van der Waals surface area contributed by atoms with Crippen LogP contribution < -0.4 is 11.1 Å². The summed E-state index contributed by atoms with van der Waals surface area (Å²) < 4.78 is 0. The number of nitrogens with two attached hydrogens (primary N) is 1. The molecule has 1 aliphatic heterocycles. The lowest BCUT2D eigenvalue weighted by molar-refractivity contribution is -0.131. The van der Waals surface area contributed by atoms with Gasteiger partial charge in [0.15, 0.2) is 0 Å². The smallest absolute Gasteiger partial charge is 0.224 e. The molecule has 0 saturated carbocycles. The number of nitrogens with one attached hydrogen (secondary N) is 1. The Morgan fingerprint density at radius 1 is 1.35 bits per heavy atom. The van der Waals surface area contributed by atoms with Crippen molar-refractivity contribution in [1.29, 1.82) is 5.26 Å². The zero-order chi connectivity index (χ0) is 14.4. The van der Waals surface area contributed by atoms with Crippen molar-refractivity contribution in [2.24, 2.45) is 0 Å². The Morgan fingerprint density at radius 3 is 2.80 bits per heavy atom. The molecule has 0 unspecified atom stereocenters. The van der Waals surface area contributed by atoms with Gasteiger partial charge in [0.1, 0.15) is 6.07 Å². The molecule has 5 heteroatoms. The highest BCUT2D eigenvalue weighted by atomic mass is 16.2. The zero-order valence-corrected chi connectivity index (χ0v) is 11.6. The average molecular weight is 272 g/mol. The summed E-state index contributed by atoms with van der Waals surface area (Å²) in [6, 6.07) is 7.26. The molecule has 0 radical (unpaired) electrons. The van der Waals surface area contributed by atoms with E-state index < -0.39 is 0 Å². The van der Waals surface area contributed by atoms with Gasteiger partial charge in [0, 0.05) is 31.7 Å². The highest BCUT2D eigenvalue weighted by Gasteiger charge is 2.15. The summed E-state index contributed by atoms with van der Waals surface area (Å²) in [4.78, 5) is 13.9. The summed E-state index contributed by atoms with van der Waals surface area (Å²) in [5.74, 6) is 0.186. The number of carbonyl (C=O) groups is 1. The van der Waals surface area contributed by atoms with E-state index in [1.165, 1.54) is 6.42 Å². The number of piperidine rings is 1. The Balaban J connectivity index is 1.83. The van der Waals surface area contributed by atoms with Crippen molar-refractivity contribution in [3.8, 4) is 6.07 Å². The van der Waals surface area contributed by atoms with E-state index in [4.69, 9.17) is 11.0 Å². The number of amides is 1. The van der Waals surface area contributed by atoms with E-state index in [9.17, 15) is 4.79 Å². The molecule has 1 fully saturated rings. The number of likely N-dealkylation sites (tertiary alicyclic amines) is 1. The minimum Gasteiger partial charge on any atom is -0.399 e. The van der Waals surface area contributed by atoms with E-state index in [2.05, 4.69) is 11.4 Å². The van der Waals surface area contributed by atoms with Crippen LogP contribution in [-0.4, -0.2) is 30.4 Å². The van der Waals surface area contributed by atoms with Gasteiger partial charge in [0.25, 0.3) is 0 Å². The van der Waals surface area contributed by atoms with Gasteiger partial charge < -0.3 is 16.0 Å². The third-order valence-electron chi connectivity index (χ3n) is 3.53. The van der Waals surface area contributed by atoms with Crippen LogP contribution >= 0.6 is 0 Å². The van der Waals surface area contributed by atoms with E-state index >= 15 is 0 Å². The second kappa shape index (κ2) is 6.80. The van der Waals surface area contributed by atoms with Gasteiger partial charge >= 0.3 is 0 Å². The van der Waals surface area contributed by atoms with Gasteiger partial charge in [0.05, 0.1) is 11.3 Å². The van der Waals surface area contributed by atoms with Gasteiger partial charge in [-0.15, -0.1) is 0 Å². The van der Waals surface area contributed by atoms with Crippen LogP contribution in [0.4, 0.5) is 11.4 Å². The summed E-state index contributed by atoms with van der Waals surface area (Å²) >= 11 is 0. The molecular weight excluding hydrogens is 252 g/mol. The van der Waals surface area contributed by atoms with Crippen molar-refractivity contribution in [2.45, 2.75) is 25.7 Å². The van der Waals surface area contributed by atoms with Crippen LogP contribution in [0.3, 0.4) is 0 Å². The molecule has 0 aromatic heterocycles. The van der Waals surface area contributed by atoms with E-state index in [1.807, 2.05) is 4.90 Å². The first-order valence-corrected chi connectivity index (χ1v) is 7.02. The molecule has 1 heterocycles. The van der Waals surface area contributed by atoms with Crippen LogP contribution in [0.1, 0.15) is 31.2 Å². The molecule has 5 nitrogen and oxygen atoms in total. The molecule has 1 aromatic rings. The summed E-state index contributed by atoms with van der Waals surface area (Å²) in [6.45, 7) is 2.29. The van der Waals surface area contributed by atoms with Crippen molar-refractivity contribution in [3.63, 3.8) is 0 Å². The third kappa shape index (κ3) is 3.64. The monoisotopic (exact) mass is 272 g/mol. The van der Waals surface area contributed by atoms with E-state index in [1.54, 1.807) is 18.2 Å². The van der Waals surface area contributed by atoms with Gasteiger partial charge in [-0.2, -0.15) is 5.26 Å². The SMILES string of the molecule is N#Cc1cc(N)ccc1NCCC(=O)N1CCCCC1. The largest absolute Gasteiger partial charge is 0.399 e. The first-order valence-electron chi connectivity index (χ1n) is 7.02. The topological polar surface area (TPSA) is 82.1 Å². The van der Waals surface area contributed by atoms with Crippen LogP contribution in [0.2, 0.25) is 0 Å². The van der Waals surface area contributed by atoms with Crippen molar-refractivity contribution in [3.05, 3.63) is 23.8 Å². The van der Waals surface area contributed by atoms with Gasteiger partial charge in [-0.1, -0.05) is 0 Å². The lowest BCUT2D eigenvalue weighted by Gasteiger charge is -2.26. The normalized spacial score (nSPS) is 14.7. The number of nitriles is 1. The number of anilines is 2. The number of nitrogens with zero attached hydrogens (tertiary/aromatic N) is 2. The van der Waals surface area contributed by atoms with Gasteiger partial charge in [0.2, 0.25) is 5.91 Å². The highest BCUT2D eigenvalue weighted by molar-refractivity contribution is 5.77. The first kappa shape index (κ1) is 14.2. The fourth-order valence-electron chi connectivity index (χ4n) is 2.41. The number of nitrogen functional groups attached to an aromatic ring is 1. The summed E-state index contributed by atoms with van der Waals surface area (Å²) in [5, 5.41) is 12.2. The Bertz CT molecular complexity index is 515. The molecule has 0 spiro atoms. The predicted molar refractivity (Wildman–Crippen MR) is 79.1 cm³/mol. The number of benzene rings is 1. The summed E-state index contributed by atoms with van der Waals surface area (Å²) in [7, 11) is 0. The predicted octanol–water partition coefficient (Wildman–Crippen LogP) is 1.95. The molecule has 1 saturated heterocycles. The first-order chi connectivity index (χ1) is 9.70. The van der Waals surface area contributed by atoms with E-state index in [0.29, 0.717) is 24.2 Å². The Hall–Kier alpha value is -2.22. The number of hydrogen-bond acceptors (Lipinski definition) is 4. The van der Waals surface area contributed by atoms with Crippen molar-refractivity contribution in [1.82, 2.24) is 4.90 Å². The maximum Gasteiger partial charge on any atom is 0.224 e. The fraction of sp³-hybridized carbons (Fsp3) is 0.467. The molecule has 1 aromatic carbocycles. The average Bonchev–Trinajstić information content (AvgIpc) is 2.49. The van der Waals surface area contributed by atoms with Crippen LogP contribution in [-0.2, 0) is 4.79 Å². The molecule has 0 bridgehead atoms.